The van der Waals surface area contributed by atoms with Crippen LogP contribution in [0.3, 0.4) is 0 Å². The Labute approximate surface area is 411 Å². The molecule has 1 saturated heterocycles. The van der Waals surface area contributed by atoms with Gasteiger partial charge in [-0.1, -0.05) is 111 Å². The largest absolute Gasteiger partial charge is 0.456 e. The topological polar surface area (TPSA) is 220 Å². The highest BCUT2D eigenvalue weighted by Gasteiger charge is 2.78. The molecule has 16 heteroatoms. The Morgan fingerprint density at radius 1 is 0.789 bits per heavy atom. The molecule has 8 rings (SSSR count). The summed E-state index contributed by atoms with van der Waals surface area (Å²) in [7, 11) is 0. The summed E-state index contributed by atoms with van der Waals surface area (Å²) in [6.45, 7) is 7.79. The number of nitrogens with one attached hydrogen (secondary N) is 1. The zero-order valence-corrected chi connectivity index (χ0v) is 40.4. The molecule has 0 spiro atoms. The lowest BCUT2D eigenvalue weighted by molar-refractivity contribution is -0.346. The fourth-order valence-corrected chi connectivity index (χ4v) is 11.2. The summed E-state index contributed by atoms with van der Waals surface area (Å²) in [6, 6.07) is 33.0. The Morgan fingerprint density at radius 3 is 1.96 bits per heavy atom. The summed E-state index contributed by atoms with van der Waals surface area (Å²) < 4.78 is 43.2. The highest BCUT2D eigenvalue weighted by atomic mass is 16.7. The van der Waals surface area contributed by atoms with Crippen molar-refractivity contribution in [2.45, 2.75) is 115 Å². The number of fused-ring (bicyclic) bond motifs is 5. The fraction of sp³-hybridized carbons (Fsp3) is 0.418. The van der Waals surface area contributed by atoms with Crippen LogP contribution in [0.15, 0.2) is 132 Å². The van der Waals surface area contributed by atoms with Gasteiger partial charge in [-0.05, 0) is 60.4 Å². The number of aliphatic hydroxyl groups is 2. The quantitative estimate of drug-likeness (QED) is 0.0413. The Kier molecular flexibility index (Phi) is 14.5. The van der Waals surface area contributed by atoms with E-state index in [-0.39, 0.29) is 36.3 Å². The number of aliphatic hydroxyl groups excluding tert-OH is 1. The molecule has 16 nitrogen and oxygen atoms in total. The molecular weight excluding hydrogens is 915 g/mol. The van der Waals surface area contributed by atoms with Crippen LogP contribution in [0.1, 0.15) is 92.3 Å². The summed E-state index contributed by atoms with van der Waals surface area (Å²) in [5, 5.41) is 29.1. The van der Waals surface area contributed by atoms with E-state index < -0.39 is 119 Å². The predicted octanol–water partition coefficient (Wildman–Crippen LogP) is 5.93. The second-order valence-electron chi connectivity index (χ2n) is 19.4. The minimum atomic E-state index is -2.40. The van der Waals surface area contributed by atoms with Crippen molar-refractivity contribution in [3.63, 3.8) is 0 Å². The number of hydrogen-bond donors (Lipinski definition) is 3. The van der Waals surface area contributed by atoms with Gasteiger partial charge in [-0.25, -0.2) is 9.59 Å². The zero-order chi connectivity index (χ0) is 50.9. The normalized spacial score (nSPS) is 29.3. The predicted molar refractivity (Wildman–Crippen MR) is 253 cm³/mol. The van der Waals surface area contributed by atoms with Crippen molar-refractivity contribution >= 4 is 35.6 Å². The molecule has 2 saturated carbocycles. The van der Waals surface area contributed by atoms with Gasteiger partial charge in [-0.15, -0.1) is 0 Å². The van der Waals surface area contributed by atoms with Gasteiger partial charge < -0.3 is 48.7 Å². The highest BCUT2D eigenvalue weighted by molar-refractivity contribution is 5.96. The highest BCUT2D eigenvalue weighted by Crippen LogP contribution is 2.64. The van der Waals surface area contributed by atoms with Crippen LogP contribution in [-0.2, 0) is 58.9 Å². The molecule has 374 valence electrons. The van der Waals surface area contributed by atoms with Crippen LogP contribution in [-0.4, -0.2) is 107 Å². The Morgan fingerprint density at radius 2 is 1.38 bits per heavy atom. The summed E-state index contributed by atoms with van der Waals surface area (Å²) in [5.41, 5.74) is -6.05. The van der Waals surface area contributed by atoms with E-state index in [9.17, 15) is 29.4 Å². The molecule has 3 N–H and O–H groups in total. The second kappa shape index (κ2) is 20.3. The summed E-state index contributed by atoms with van der Waals surface area (Å²) in [4.78, 5) is 85.8. The number of ether oxygens (including phenoxy) is 7. The number of hydrogen-bond acceptors (Lipinski definition) is 15. The molecule has 4 aromatic rings. The van der Waals surface area contributed by atoms with Gasteiger partial charge in [-0.2, -0.15) is 0 Å². The molecule has 1 amide bonds. The van der Waals surface area contributed by atoms with Gasteiger partial charge in [0.2, 0.25) is 0 Å². The average Bonchev–Trinajstić information content (AvgIpc) is 3.35. The minimum Gasteiger partial charge on any atom is -0.456 e. The molecule has 4 aliphatic rings. The maximum Gasteiger partial charge on any atom is 0.338 e. The first-order valence-electron chi connectivity index (χ1n) is 23.6. The second-order valence-corrected chi connectivity index (χ2v) is 19.4. The van der Waals surface area contributed by atoms with Crippen molar-refractivity contribution in [2.24, 2.45) is 16.7 Å². The number of rotatable bonds is 15. The third kappa shape index (κ3) is 9.42. The van der Waals surface area contributed by atoms with Crippen molar-refractivity contribution in [3.05, 3.63) is 155 Å². The molecule has 0 radical (unpaired) electrons. The van der Waals surface area contributed by atoms with Gasteiger partial charge in [-0.3, -0.25) is 19.2 Å². The van der Waals surface area contributed by atoms with E-state index >= 15 is 9.59 Å². The number of esters is 4. The molecule has 1 aliphatic heterocycles. The monoisotopic (exact) mass is 973 g/mol. The molecule has 71 heavy (non-hydrogen) atoms. The van der Waals surface area contributed by atoms with E-state index in [1.807, 2.05) is 30.3 Å². The molecule has 11 unspecified atom stereocenters. The molecule has 3 aliphatic carbocycles. The molecule has 0 aromatic heterocycles. The lowest BCUT2D eigenvalue weighted by Gasteiger charge is -2.67. The van der Waals surface area contributed by atoms with E-state index in [1.54, 1.807) is 99.6 Å². The Hall–Kier alpha value is -6.56. The number of ketones is 1. The van der Waals surface area contributed by atoms with Gasteiger partial charge >= 0.3 is 23.9 Å². The lowest BCUT2D eigenvalue weighted by atomic mass is 9.44. The van der Waals surface area contributed by atoms with Gasteiger partial charge in [0.1, 0.15) is 30.7 Å². The van der Waals surface area contributed by atoms with Gasteiger partial charge in [0.25, 0.3) is 5.91 Å². The molecule has 3 fully saturated rings. The van der Waals surface area contributed by atoms with E-state index in [2.05, 4.69) is 5.32 Å². The van der Waals surface area contributed by atoms with E-state index in [0.29, 0.717) is 11.1 Å². The molecule has 1 heterocycles. The van der Waals surface area contributed by atoms with Crippen LogP contribution in [0.2, 0.25) is 0 Å². The van der Waals surface area contributed by atoms with E-state index in [1.165, 1.54) is 26.0 Å². The molecular formula is C55H59NO15. The maximum absolute atomic E-state index is 15.7. The Balaban J connectivity index is 1.27. The number of carbonyl (C=O) groups is 6. The first-order chi connectivity index (χ1) is 33.8. The standard InChI is InChI=1S/C55H59NO15/c1-32-39(69-51(63)45(67-31-65-29-35-19-11-7-12-20-35)43(36-21-13-8-14-22-36)56-49(61)37-23-15-9-16-24-37)28-55(64)48(70-50(62)38-25-17-10-18-26-38)46-53(6,40(59)27-41-54(46,30-66-41)71-34(3)58)47(60)44(68-33(2)57)42(32)52(55,4)5/h7-26,39-41,43-46,48,59,64H,27-31H2,1-6H3,(H,56,61). The number of benzene rings is 4. The zero-order valence-electron chi connectivity index (χ0n) is 40.4. The maximum atomic E-state index is 15.7. The third-order valence-electron chi connectivity index (χ3n) is 14.9. The van der Waals surface area contributed by atoms with Crippen LogP contribution in [0.25, 0.3) is 0 Å². The number of amides is 1. The van der Waals surface area contributed by atoms with Crippen LogP contribution in [0.5, 0.6) is 0 Å². The Bertz CT molecular complexity index is 2660. The first-order valence-corrected chi connectivity index (χ1v) is 23.6. The van der Waals surface area contributed by atoms with Crippen molar-refractivity contribution in [1.29, 1.82) is 0 Å². The van der Waals surface area contributed by atoms with Gasteiger partial charge in [0.15, 0.2) is 23.6 Å². The molecule has 11 atom stereocenters. The SMILES string of the molecule is CC(=O)OC1C(=O)C2(C)C(O)CC3OCC3(OC(C)=O)C2C(OC(=O)c2ccccc2)C2(O)CC(OC(=O)C(OCOCc3ccccc3)C(NC(=O)c3ccccc3)c3ccccc3)C(C)=C1C2(C)C. The summed E-state index contributed by atoms with van der Waals surface area (Å²) in [5.74, 6) is -6.56. The van der Waals surface area contributed by atoms with E-state index in [4.69, 9.17) is 33.2 Å². The van der Waals surface area contributed by atoms with Crippen LogP contribution in [0.4, 0.5) is 0 Å². The van der Waals surface area contributed by atoms with Crippen molar-refractivity contribution in [3.8, 4) is 0 Å². The van der Waals surface area contributed by atoms with Crippen LogP contribution < -0.4 is 5.32 Å². The minimum absolute atomic E-state index is 0.0195. The molecule has 2 bridgehead atoms. The molecule has 4 aromatic carbocycles. The van der Waals surface area contributed by atoms with Crippen molar-refractivity contribution in [1.82, 2.24) is 5.32 Å². The fourth-order valence-electron chi connectivity index (χ4n) is 11.2. The van der Waals surface area contributed by atoms with Gasteiger partial charge in [0.05, 0.1) is 42.3 Å². The third-order valence-corrected chi connectivity index (χ3v) is 14.9. The first kappa shape index (κ1) is 50.8. The number of carbonyl (C=O) groups excluding carboxylic acids is 6. The van der Waals surface area contributed by atoms with Gasteiger partial charge in [0, 0.05) is 37.7 Å². The van der Waals surface area contributed by atoms with Crippen LogP contribution in [0, 0.1) is 16.7 Å². The summed E-state index contributed by atoms with van der Waals surface area (Å²) in [6.07, 6.45) is -10.1. The van der Waals surface area contributed by atoms with Crippen molar-refractivity contribution < 1.29 is 72.1 Å². The average molecular weight is 974 g/mol. The smallest absolute Gasteiger partial charge is 0.338 e. The summed E-state index contributed by atoms with van der Waals surface area (Å²) >= 11 is 0. The van der Waals surface area contributed by atoms with Crippen LogP contribution >= 0.6 is 0 Å². The van der Waals surface area contributed by atoms with E-state index in [0.717, 1.165) is 12.5 Å². The van der Waals surface area contributed by atoms with Crippen molar-refractivity contribution in [2.75, 3.05) is 13.4 Å². The number of Topliss-reactive ketones (excluding diaryl/α,β-unsaturated/α-hetero) is 1. The lowest BCUT2D eigenvalue weighted by Crippen LogP contribution is -2.82.